The Morgan fingerprint density at radius 2 is 2.05 bits per heavy atom. The maximum Gasteiger partial charge on any atom is 0.312 e. The van der Waals surface area contributed by atoms with Crippen LogP contribution in [-0.4, -0.2) is 27.6 Å². The molecule has 0 radical (unpaired) electrons. The number of aliphatic carboxylic acids is 1. The summed E-state index contributed by atoms with van der Waals surface area (Å²) in [5.41, 5.74) is 1.64. The van der Waals surface area contributed by atoms with Gasteiger partial charge in [0.2, 0.25) is 0 Å². The molecule has 106 valence electrons. The summed E-state index contributed by atoms with van der Waals surface area (Å²) in [6.07, 6.45) is 1.48. The molecule has 2 heterocycles. The van der Waals surface area contributed by atoms with Crippen molar-refractivity contribution in [3.8, 4) is 0 Å². The van der Waals surface area contributed by atoms with Crippen molar-refractivity contribution < 1.29 is 9.90 Å². The van der Waals surface area contributed by atoms with Crippen LogP contribution >= 0.6 is 11.3 Å². The quantitative estimate of drug-likeness (QED) is 0.757. The third-order valence-corrected chi connectivity index (χ3v) is 4.13. The van der Waals surface area contributed by atoms with Crippen LogP contribution in [-0.2, 0) is 4.79 Å². The lowest BCUT2D eigenvalue weighted by Gasteiger charge is -2.14. The molecule has 0 fully saturated rings. The molecule has 1 unspecified atom stereocenters. The van der Waals surface area contributed by atoms with Crippen molar-refractivity contribution in [3.05, 3.63) is 53.7 Å². The van der Waals surface area contributed by atoms with Crippen molar-refractivity contribution in [3.63, 3.8) is 0 Å². The molecule has 0 saturated carbocycles. The van der Waals surface area contributed by atoms with Gasteiger partial charge in [0.05, 0.1) is 16.1 Å². The minimum Gasteiger partial charge on any atom is -0.481 e. The molecular weight excluding hydrogens is 286 g/mol. The molecule has 2 N–H and O–H groups in total. The smallest absolute Gasteiger partial charge is 0.312 e. The molecule has 5 nitrogen and oxygen atoms in total. The Morgan fingerprint density at radius 3 is 2.81 bits per heavy atom. The van der Waals surface area contributed by atoms with E-state index in [1.54, 1.807) is 0 Å². The van der Waals surface area contributed by atoms with Crippen LogP contribution in [0.1, 0.15) is 11.5 Å². The Morgan fingerprint density at radius 1 is 1.24 bits per heavy atom. The molecule has 1 atom stereocenters. The van der Waals surface area contributed by atoms with E-state index in [1.165, 1.54) is 17.7 Å². The number of hydrogen-bond donors (Lipinski definition) is 2. The van der Waals surface area contributed by atoms with Gasteiger partial charge in [0.1, 0.15) is 12.1 Å². The Labute approximate surface area is 125 Å². The average Bonchev–Trinajstić information content (AvgIpc) is 2.97. The van der Waals surface area contributed by atoms with E-state index in [1.807, 2.05) is 41.8 Å². The summed E-state index contributed by atoms with van der Waals surface area (Å²) in [6, 6.07) is 11.1. The second kappa shape index (κ2) is 5.88. The van der Waals surface area contributed by atoms with Gasteiger partial charge in [0.15, 0.2) is 0 Å². The second-order valence-corrected chi connectivity index (χ2v) is 5.46. The van der Waals surface area contributed by atoms with Gasteiger partial charge < -0.3 is 10.4 Å². The fourth-order valence-electron chi connectivity index (χ4n) is 2.15. The summed E-state index contributed by atoms with van der Waals surface area (Å²) in [6.45, 7) is 0.281. The van der Waals surface area contributed by atoms with Gasteiger partial charge in [0, 0.05) is 6.54 Å². The first-order chi connectivity index (χ1) is 10.3. The zero-order chi connectivity index (χ0) is 14.7. The summed E-state index contributed by atoms with van der Waals surface area (Å²) in [5, 5.41) is 14.5. The van der Waals surface area contributed by atoms with Crippen LogP contribution in [0.3, 0.4) is 0 Å². The third-order valence-electron chi connectivity index (χ3n) is 3.22. The van der Waals surface area contributed by atoms with E-state index in [2.05, 4.69) is 15.3 Å². The van der Waals surface area contributed by atoms with Crippen LogP contribution in [0.15, 0.2) is 48.1 Å². The van der Waals surface area contributed by atoms with Gasteiger partial charge in [-0.1, -0.05) is 30.3 Å². The predicted molar refractivity (Wildman–Crippen MR) is 82.7 cm³/mol. The maximum absolute atomic E-state index is 11.5. The number of aromatic nitrogens is 2. The van der Waals surface area contributed by atoms with E-state index < -0.39 is 11.9 Å². The van der Waals surface area contributed by atoms with Crippen LogP contribution < -0.4 is 5.32 Å². The Hall–Kier alpha value is -2.47. The molecule has 0 aliphatic rings. The number of carboxylic acid groups (broad SMARTS) is 1. The lowest BCUT2D eigenvalue weighted by Crippen LogP contribution is -2.21. The number of carboxylic acids is 1. The van der Waals surface area contributed by atoms with Crippen LogP contribution in [0, 0.1) is 0 Å². The largest absolute Gasteiger partial charge is 0.481 e. The van der Waals surface area contributed by atoms with E-state index in [4.69, 9.17) is 0 Å². The lowest BCUT2D eigenvalue weighted by atomic mass is 9.99. The summed E-state index contributed by atoms with van der Waals surface area (Å²) in [4.78, 5) is 19.8. The molecule has 0 saturated heterocycles. The lowest BCUT2D eigenvalue weighted by molar-refractivity contribution is -0.138. The van der Waals surface area contributed by atoms with Crippen LogP contribution in [0.25, 0.3) is 10.2 Å². The van der Waals surface area contributed by atoms with Crippen LogP contribution in [0.4, 0.5) is 5.82 Å². The second-order valence-electron chi connectivity index (χ2n) is 4.54. The number of thiophene rings is 1. The number of nitrogens with zero attached hydrogens (tertiary/aromatic N) is 2. The molecule has 2 aromatic heterocycles. The van der Waals surface area contributed by atoms with E-state index in [-0.39, 0.29) is 6.54 Å². The van der Waals surface area contributed by atoms with Crippen molar-refractivity contribution in [2.24, 2.45) is 0 Å². The van der Waals surface area contributed by atoms with Crippen molar-refractivity contribution in [2.75, 3.05) is 11.9 Å². The van der Waals surface area contributed by atoms with Gasteiger partial charge in [-0.05, 0) is 17.0 Å². The third kappa shape index (κ3) is 2.85. The molecule has 6 heteroatoms. The van der Waals surface area contributed by atoms with Crippen molar-refractivity contribution in [1.82, 2.24) is 9.97 Å². The highest BCUT2D eigenvalue weighted by Gasteiger charge is 2.20. The molecule has 0 amide bonds. The number of fused-ring (bicyclic) bond motifs is 1. The van der Waals surface area contributed by atoms with E-state index in [0.717, 1.165) is 15.8 Å². The van der Waals surface area contributed by atoms with E-state index >= 15 is 0 Å². The number of hydrogen-bond acceptors (Lipinski definition) is 5. The summed E-state index contributed by atoms with van der Waals surface area (Å²) in [5.74, 6) is -0.793. The summed E-state index contributed by atoms with van der Waals surface area (Å²) < 4.78 is 0.940. The van der Waals surface area contributed by atoms with Gasteiger partial charge in [-0.25, -0.2) is 9.97 Å². The standard InChI is InChI=1S/C15H13N3O2S/c19-15(20)11(10-4-2-1-3-5-10)8-16-14-13-12(6-7-21-13)17-9-18-14/h1-7,9,11H,8H2,(H,19,20)(H,16,17,18). The summed E-state index contributed by atoms with van der Waals surface area (Å²) >= 11 is 1.53. The number of anilines is 1. The number of carbonyl (C=O) groups is 1. The first-order valence-electron chi connectivity index (χ1n) is 6.45. The van der Waals surface area contributed by atoms with Gasteiger partial charge in [-0.3, -0.25) is 4.79 Å². The topological polar surface area (TPSA) is 75.1 Å². The number of nitrogens with one attached hydrogen (secondary N) is 1. The van der Waals surface area contributed by atoms with E-state index in [0.29, 0.717) is 5.82 Å². The summed E-state index contributed by atoms with van der Waals surface area (Å²) in [7, 11) is 0. The molecule has 0 bridgehead atoms. The zero-order valence-corrected chi connectivity index (χ0v) is 11.9. The van der Waals surface area contributed by atoms with Crippen molar-refractivity contribution >= 4 is 33.3 Å². The minimum atomic E-state index is -0.856. The van der Waals surface area contributed by atoms with Crippen molar-refractivity contribution in [1.29, 1.82) is 0 Å². The fraction of sp³-hybridized carbons (Fsp3) is 0.133. The molecule has 21 heavy (non-hydrogen) atoms. The molecule has 1 aromatic carbocycles. The van der Waals surface area contributed by atoms with Crippen molar-refractivity contribution in [2.45, 2.75) is 5.92 Å². The highest BCUT2D eigenvalue weighted by atomic mass is 32.1. The molecule has 3 aromatic rings. The number of benzene rings is 1. The Kier molecular flexibility index (Phi) is 3.79. The molecular formula is C15H13N3O2S. The van der Waals surface area contributed by atoms with Gasteiger partial charge in [0.25, 0.3) is 0 Å². The maximum atomic E-state index is 11.5. The first-order valence-corrected chi connectivity index (χ1v) is 7.33. The average molecular weight is 299 g/mol. The van der Waals surface area contributed by atoms with Gasteiger partial charge in [-0.15, -0.1) is 11.3 Å². The minimum absolute atomic E-state index is 0.281. The number of rotatable bonds is 5. The van der Waals surface area contributed by atoms with Gasteiger partial charge >= 0.3 is 5.97 Å². The molecule has 0 aliphatic heterocycles. The van der Waals surface area contributed by atoms with Gasteiger partial charge in [-0.2, -0.15) is 0 Å². The van der Waals surface area contributed by atoms with E-state index in [9.17, 15) is 9.90 Å². The monoisotopic (exact) mass is 299 g/mol. The normalized spacial score (nSPS) is 12.2. The Balaban J connectivity index is 1.82. The zero-order valence-electron chi connectivity index (χ0n) is 11.1. The molecule has 0 spiro atoms. The first kappa shape index (κ1) is 13.5. The highest BCUT2D eigenvalue weighted by Crippen LogP contribution is 2.25. The highest BCUT2D eigenvalue weighted by molar-refractivity contribution is 7.17. The predicted octanol–water partition coefficient (Wildman–Crippen LogP) is 2.97. The fourth-order valence-corrected chi connectivity index (χ4v) is 2.96. The molecule has 3 rings (SSSR count). The van der Waals surface area contributed by atoms with Crippen LogP contribution in [0.5, 0.6) is 0 Å². The SMILES string of the molecule is O=C(O)C(CNc1ncnc2ccsc12)c1ccccc1. The Bertz CT molecular complexity index is 758. The molecule has 0 aliphatic carbocycles. The van der Waals surface area contributed by atoms with Crippen LogP contribution in [0.2, 0.25) is 0 Å².